The Morgan fingerprint density at radius 1 is 0.262 bits per heavy atom. The minimum Gasteiger partial charge on any atom is -0.308 e. The van der Waals surface area contributed by atoms with Crippen LogP contribution in [0.5, 0.6) is 0 Å². The highest BCUT2D eigenvalue weighted by atomic mass is 15.1. The number of hydrogen-bond donors (Lipinski definition) is 0. The van der Waals surface area contributed by atoms with Crippen LogP contribution in [0.15, 0.2) is 212 Å². The van der Waals surface area contributed by atoms with Gasteiger partial charge < -0.3 is 4.57 Å². The standard InChI is InChI=1S/C54H35N7/c1-6-19-36(20-7-1)42-30-18-32-46-48(42)43-29-16-17-31-45(43)61(46)47-35-41(53-57-49(37-21-8-2-9-22-37)55-50(58-53)38-23-10-3-11-24-38)33-34-44(47)54-59-51(39-25-12-4-13-26-39)56-52(60-54)40-27-14-5-15-28-40/h1-35H. The third-order valence-electron chi connectivity index (χ3n) is 10.9. The molecule has 0 spiro atoms. The topological polar surface area (TPSA) is 82.3 Å². The van der Waals surface area contributed by atoms with Crippen molar-refractivity contribution in [2.75, 3.05) is 0 Å². The van der Waals surface area contributed by atoms with Gasteiger partial charge in [-0.05, 0) is 35.4 Å². The molecular formula is C54H35N7. The van der Waals surface area contributed by atoms with Gasteiger partial charge in [0.1, 0.15) is 0 Å². The molecule has 0 aliphatic rings. The van der Waals surface area contributed by atoms with E-state index < -0.39 is 0 Å². The number of benzene rings is 8. The Bertz CT molecular complexity index is 3220. The van der Waals surface area contributed by atoms with Gasteiger partial charge in [0.25, 0.3) is 0 Å². The van der Waals surface area contributed by atoms with E-state index in [0.29, 0.717) is 34.9 Å². The zero-order chi connectivity index (χ0) is 40.5. The average molecular weight is 782 g/mol. The second kappa shape index (κ2) is 15.4. The lowest BCUT2D eigenvalue weighted by Crippen LogP contribution is -2.05. The second-order valence-electron chi connectivity index (χ2n) is 14.7. The molecule has 11 rings (SSSR count). The van der Waals surface area contributed by atoms with Crippen molar-refractivity contribution < 1.29 is 0 Å². The highest BCUT2D eigenvalue weighted by molar-refractivity contribution is 6.16. The molecule has 0 N–H and O–H groups in total. The number of rotatable bonds is 8. The van der Waals surface area contributed by atoms with Crippen LogP contribution in [0.1, 0.15) is 0 Å². The molecular weight excluding hydrogens is 747 g/mol. The Kier molecular flexibility index (Phi) is 9.02. The fraction of sp³-hybridized carbons (Fsp3) is 0. The largest absolute Gasteiger partial charge is 0.308 e. The van der Waals surface area contributed by atoms with E-state index in [1.54, 1.807) is 0 Å². The highest BCUT2D eigenvalue weighted by Crippen LogP contribution is 2.41. The van der Waals surface area contributed by atoms with Crippen LogP contribution in [0.3, 0.4) is 0 Å². The third-order valence-corrected chi connectivity index (χ3v) is 10.9. The van der Waals surface area contributed by atoms with Gasteiger partial charge in [0.15, 0.2) is 34.9 Å². The maximum atomic E-state index is 5.23. The van der Waals surface area contributed by atoms with Crippen molar-refractivity contribution in [1.29, 1.82) is 0 Å². The van der Waals surface area contributed by atoms with Gasteiger partial charge in [0.05, 0.1) is 16.7 Å². The Labute approximate surface area is 352 Å². The molecule has 0 unspecified atom stereocenters. The van der Waals surface area contributed by atoms with Crippen LogP contribution in [-0.4, -0.2) is 34.5 Å². The Morgan fingerprint density at radius 2 is 0.656 bits per heavy atom. The van der Waals surface area contributed by atoms with Gasteiger partial charge in [0.2, 0.25) is 0 Å². The smallest absolute Gasteiger partial charge is 0.166 e. The molecule has 11 aromatic rings. The number of aromatic nitrogens is 7. The van der Waals surface area contributed by atoms with Crippen LogP contribution in [0.2, 0.25) is 0 Å². The van der Waals surface area contributed by atoms with Gasteiger partial charge >= 0.3 is 0 Å². The molecule has 3 aromatic heterocycles. The van der Waals surface area contributed by atoms with Gasteiger partial charge in [-0.3, -0.25) is 0 Å². The second-order valence-corrected chi connectivity index (χ2v) is 14.7. The lowest BCUT2D eigenvalue weighted by molar-refractivity contribution is 1.06. The van der Waals surface area contributed by atoms with Gasteiger partial charge in [-0.2, -0.15) is 0 Å². The zero-order valence-corrected chi connectivity index (χ0v) is 32.8. The lowest BCUT2D eigenvalue weighted by atomic mass is 9.99. The van der Waals surface area contributed by atoms with Gasteiger partial charge in [-0.1, -0.05) is 188 Å². The molecule has 8 aromatic carbocycles. The SMILES string of the molecule is c1ccc(-c2nc(-c3ccccc3)nc(-c3ccc(-c4nc(-c5ccccc5)nc(-c5ccccc5)n4)c(-n4c5ccccc5c5c(-c6ccccc6)cccc54)c3)n2)cc1. The minimum absolute atomic E-state index is 0.546. The maximum absolute atomic E-state index is 5.23. The summed E-state index contributed by atoms with van der Waals surface area (Å²) in [4.78, 5) is 30.7. The summed E-state index contributed by atoms with van der Waals surface area (Å²) in [5, 5.41) is 2.29. The normalized spacial score (nSPS) is 11.3. The van der Waals surface area contributed by atoms with Crippen molar-refractivity contribution in [2.24, 2.45) is 0 Å². The minimum atomic E-state index is 0.546. The molecule has 7 heteroatoms. The molecule has 0 radical (unpaired) electrons. The van der Waals surface area contributed by atoms with E-state index in [2.05, 4.69) is 95.6 Å². The molecule has 286 valence electrons. The molecule has 0 saturated heterocycles. The van der Waals surface area contributed by atoms with E-state index in [4.69, 9.17) is 29.9 Å². The molecule has 0 saturated carbocycles. The first-order valence-electron chi connectivity index (χ1n) is 20.2. The number of fused-ring (bicyclic) bond motifs is 3. The highest BCUT2D eigenvalue weighted by Gasteiger charge is 2.23. The molecule has 0 fully saturated rings. The Morgan fingerprint density at radius 3 is 1.15 bits per heavy atom. The summed E-state index contributed by atoms with van der Waals surface area (Å²) in [6, 6.07) is 72.3. The maximum Gasteiger partial charge on any atom is 0.166 e. The fourth-order valence-electron chi connectivity index (χ4n) is 8.05. The van der Waals surface area contributed by atoms with E-state index in [0.717, 1.165) is 72.0 Å². The molecule has 0 aliphatic carbocycles. The van der Waals surface area contributed by atoms with Crippen molar-refractivity contribution in [1.82, 2.24) is 34.5 Å². The van der Waals surface area contributed by atoms with Gasteiger partial charge in [0, 0.05) is 44.2 Å². The summed E-state index contributed by atoms with van der Waals surface area (Å²) in [6.45, 7) is 0. The van der Waals surface area contributed by atoms with E-state index in [1.165, 1.54) is 0 Å². The van der Waals surface area contributed by atoms with Gasteiger partial charge in [-0.15, -0.1) is 0 Å². The van der Waals surface area contributed by atoms with E-state index in [1.807, 2.05) is 121 Å². The van der Waals surface area contributed by atoms with E-state index in [-0.39, 0.29) is 0 Å². The molecule has 3 heterocycles. The van der Waals surface area contributed by atoms with Crippen LogP contribution in [0.4, 0.5) is 0 Å². The summed E-state index contributed by atoms with van der Waals surface area (Å²) in [5.41, 5.74) is 10.5. The zero-order valence-electron chi connectivity index (χ0n) is 32.8. The van der Waals surface area contributed by atoms with Crippen LogP contribution in [0.25, 0.3) is 107 Å². The Hall–Kier alpha value is -8.42. The fourth-order valence-corrected chi connectivity index (χ4v) is 8.05. The molecule has 7 nitrogen and oxygen atoms in total. The van der Waals surface area contributed by atoms with Crippen LogP contribution < -0.4 is 0 Å². The van der Waals surface area contributed by atoms with Crippen molar-refractivity contribution in [3.8, 4) is 85.1 Å². The van der Waals surface area contributed by atoms with Crippen molar-refractivity contribution in [2.45, 2.75) is 0 Å². The predicted octanol–water partition coefficient (Wildman–Crippen LogP) is 12.8. The van der Waals surface area contributed by atoms with Crippen LogP contribution in [-0.2, 0) is 0 Å². The summed E-state index contributed by atoms with van der Waals surface area (Å²) in [5.74, 6) is 3.46. The quantitative estimate of drug-likeness (QED) is 0.153. The number of nitrogens with zero attached hydrogens (tertiary/aromatic N) is 7. The van der Waals surface area contributed by atoms with Crippen molar-refractivity contribution in [3.63, 3.8) is 0 Å². The first-order valence-corrected chi connectivity index (χ1v) is 20.2. The third kappa shape index (κ3) is 6.70. The molecule has 0 bridgehead atoms. The van der Waals surface area contributed by atoms with E-state index >= 15 is 0 Å². The summed E-state index contributed by atoms with van der Waals surface area (Å²) in [7, 11) is 0. The summed E-state index contributed by atoms with van der Waals surface area (Å²) in [6.07, 6.45) is 0. The Balaban J connectivity index is 1.22. The molecule has 0 atom stereocenters. The van der Waals surface area contributed by atoms with E-state index in [9.17, 15) is 0 Å². The van der Waals surface area contributed by atoms with Gasteiger partial charge in [-0.25, -0.2) is 29.9 Å². The number of para-hydroxylation sites is 1. The summed E-state index contributed by atoms with van der Waals surface area (Å²) < 4.78 is 2.33. The predicted molar refractivity (Wildman–Crippen MR) is 246 cm³/mol. The molecule has 0 amide bonds. The van der Waals surface area contributed by atoms with Crippen molar-refractivity contribution >= 4 is 21.8 Å². The summed E-state index contributed by atoms with van der Waals surface area (Å²) >= 11 is 0. The van der Waals surface area contributed by atoms with Crippen molar-refractivity contribution in [3.05, 3.63) is 212 Å². The lowest BCUT2D eigenvalue weighted by Gasteiger charge is -2.16. The van der Waals surface area contributed by atoms with Crippen LogP contribution >= 0.6 is 0 Å². The first kappa shape index (κ1) is 35.7. The molecule has 0 aliphatic heterocycles. The average Bonchev–Trinajstić information content (AvgIpc) is 3.69. The molecule has 61 heavy (non-hydrogen) atoms. The monoisotopic (exact) mass is 781 g/mol. The van der Waals surface area contributed by atoms with Crippen LogP contribution in [0, 0.1) is 0 Å². The first-order chi connectivity index (χ1) is 30.2. The number of hydrogen-bond acceptors (Lipinski definition) is 6.